The van der Waals surface area contributed by atoms with Crippen molar-refractivity contribution in [3.8, 4) is 5.75 Å². The third-order valence-corrected chi connectivity index (χ3v) is 7.38. The Morgan fingerprint density at radius 2 is 1.71 bits per heavy atom. The van der Waals surface area contributed by atoms with Gasteiger partial charge in [0, 0.05) is 31.2 Å². The van der Waals surface area contributed by atoms with Crippen molar-refractivity contribution in [1.82, 2.24) is 15.0 Å². The second-order valence-electron chi connectivity index (χ2n) is 8.88. The number of halogens is 1. The molecule has 0 aliphatic carbocycles. The molecule has 2 heterocycles. The van der Waals surface area contributed by atoms with E-state index in [0.717, 1.165) is 31.0 Å². The summed E-state index contributed by atoms with van der Waals surface area (Å²) in [6.07, 6.45) is 1.49. The lowest BCUT2D eigenvalue weighted by Gasteiger charge is -2.15. The molecule has 5 rings (SSSR count). The molecule has 0 unspecified atom stereocenters. The molecule has 3 N–H and O–H groups in total. The average Bonchev–Trinajstić information content (AvgIpc) is 2.91. The molecule has 0 saturated heterocycles. The van der Waals surface area contributed by atoms with E-state index < -0.39 is 0 Å². The fourth-order valence-electron chi connectivity index (χ4n) is 3.75. The van der Waals surface area contributed by atoms with Gasteiger partial charge in [-0.3, -0.25) is 4.79 Å². The lowest BCUT2D eigenvalue weighted by Crippen LogP contribution is -2.12. The van der Waals surface area contributed by atoms with Crippen molar-refractivity contribution in [2.24, 2.45) is 0 Å². The Morgan fingerprint density at radius 3 is 2.45 bits per heavy atom. The van der Waals surface area contributed by atoms with E-state index in [1.165, 1.54) is 18.1 Å². The second kappa shape index (κ2) is 11.2. The SMILES string of the molecule is CC(C)c1ccc2c(Nc3cc(NC(=O)c4ccc(Br)cc4)ccc3Sc3ccc(O)cc3)ncnc2n1. The van der Waals surface area contributed by atoms with Gasteiger partial charge >= 0.3 is 0 Å². The van der Waals surface area contributed by atoms with Crippen molar-refractivity contribution >= 4 is 61.8 Å². The van der Waals surface area contributed by atoms with Gasteiger partial charge in [0.15, 0.2) is 5.65 Å². The maximum absolute atomic E-state index is 12.9. The van der Waals surface area contributed by atoms with Crippen molar-refractivity contribution in [2.45, 2.75) is 29.6 Å². The number of hydrogen-bond acceptors (Lipinski definition) is 7. The number of rotatable bonds is 7. The molecule has 0 radical (unpaired) electrons. The van der Waals surface area contributed by atoms with Gasteiger partial charge in [-0.25, -0.2) is 15.0 Å². The third-order valence-electron chi connectivity index (χ3n) is 5.77. The van der Waals surface area contributed by atoms with Crippen molar-refractivity contribution in [3.63, 3.8) is 0 Å². The Bertz CT molecular complexity index is 1610. The van der Waals surface area contributed by atoms with E-state index in [4.69, 9.17) is 4.98 Å². The van der Waals surface area contributed by atoms with Crippen LogP contribution in [0.3, 0.4) is 0 Å². The molecule has 9 heteroatoms. The van der Waals surface area contributed by atoms with Crippen molar-refractivity contribution in [1.29, 1.82) is 0 Å². The fraction of sp³-hybridized carbons (Fsp3) is 0.103. The molecule has 0 atom stereocenters. The highest BCUT2D eigenvalue weighted by Crippen LogP contribution is 2.38. The predicted octanol–water partition coefficient (Wildman–Crippen LogP) is 7.76. The molecule has 0 aliphatic rings. The summed E-state index contributed by atoms with van der Waals surface area (Å²) in [5, 5.41) is 16.9. The summed E-state index contributed by atoms with van der Waals surface area (Å²) in [7, 11) is 0. The van der Waals surface area contributed by atoms with Gasteiger partial charge in [0.1, 0.15) is 17.9 Å². The molecule has 38 heavy (non-hydrogen) atoms. The normalized spacial score (nSPS) is 11.1. The number of anilines is 3. The summed E-state index contributed by atoms with van der Waals surface area (Å²) in [6.45, 7) is 4.19. The lowest BCUT2D eigenvalue weighted by atomic mass is 10.1. The zero-order chi connectivity index (χ0) is 26.6. The molecule has 190 valence electrons. The van der Waals surface area contributed by atoms with Crippen LogP contribution < -0.4 is 10.6 Å². The van der Waals surface area contributed by atoms with Gasteiger partial charge in [-0.2, -0.15) is 0 Å². The van der Waals surface area contributed by atoms with Crippen molar-refractivity contribution in [3.05, 3.63) is 101 Å². The number of amides is 1. The summed E-state index contributed by atoms with van der Waals surface area (Å²) in [4.78, 5) is 28.3. The Kier molecular flexibility index (Phi) is 7.57. The summed E-state index contributed by atoms with van der Waals surface area (Å²) < 4.78 is 0.906. The van der Waals surface area contributed by atoms with Crippen molar-refractivity contribution < 1.29 is 9.90 Å². The van der Waals surface area contributed by atoms with E-state index in [0.29, 0.717) is 22.7 Å². The number of benzene rings is 3. The Morgan fingerprint density at radius 1 is 0.947 bits per heavy atom. The first-order valence-electron chi connectivity index (χ1n) is 11.9. The standard InChI is InChI=1S/C29H24BrN5O2S/c1-17(2)24-13-12-23-27(34-24)31-16-32-28(23)35-25-15-20(33-29(37)18-3-5-19(30)6-4-18)7-14-26(25)38-22-10-8-21(36)9-11-22/h3-17,36H,1-2H3,(H,33,37)(H,31,32,34,35). The van der Waals surface area contributed by atoms with Gasteiger partial charge in [0.05, 0.1) is 11.1 Å². The number of carbonyl (C=O) groups is 1. The first kappa shape index (κ1) is 25.7. The highest BCUT2D eigenvalue weighted by atomic mass is 79.9. The zero-order valence-corrected chi connectivity index (χ0v) is 23.0. The first-order valence-corrected chi connectivity index (χ1v) is 13.5. The first-order chi connectivity index (χ1) is 18.4. The zero-order valence-electron chi connectivity index (χ0n) is 20.6. The van der Waals surface area contributed by atoms with Crippen molar-refractivity contribution in [2.75, 3.05) is 10.6 Å². The molecule has 2 aromatic heterocycles. The molecule has 7 nitrogen and oxygen atoms in total. The molecule has 0 spiro atoms. The minimum Gasteiger partial charge on any atom is -0.508 e. The summed E-state index contributed by atoms with van der Waals surface area (Å²) in [5.41, 5.74) is 3.52. The molecular weight excluding hydrogens is 562 g/mol. The Hall–Kier alpha value is -3.95. The quantitative estimate of drug-likeness (QED) is 0.179. The maximum atomic E-state index is 12.9. The number of aromatic hydroxyl groups is 1. The number of phenolic OH excluding ortho intramolecular Hbond substituents is 1. The van der Waals surface area contributed by atoms with Crippen LogP contribution in [0.15, 0.2) is 99.5 Å². The van der Waals surface area contributed by atoms with Crippen LogP contribution in [0, 0.1) is 0 Å². The molecule has 5 aromatic rings. The van der Waals surface area contributed by atoms with Gasteiger partial charge < -0.3 is 15.7 Å². The largest absolute Gasteiger partial charge is 0.508 e. The number of aromatic nitrogens is 3. The highest BCUT2D eigenvalue weighted by Gasteiger charge is 2.14. The van der Waals surface area contributed by atoms with E-state index >= 15 is 0 Å². The average molecular weight is 587 g/mol. The summed E-state index contributed by atoms with van der Waals surface area (Å²) in [6, 6.07) is 23.8. The predicted molar refractivity (Wildman–Crippen MR) is 155 cm³/mol. The number of carbonyl (C=O) groups excluding carboxylic acids is 1. The van der Waals surface area contributed by atoms with E-state index in [1.54, 1.807) is 24.3 Å². The molecular formula is C29H24BrN5O2S. The number of nitrogens with zero attached hydrogens (tertiary/aromatic N) is 3. The molecule has 0 aliphatic heterocycles. The number of phenols is 1. The third kappa shape index (κ3) is 5.95. The minimum atomic E-state index is -0.208. The number of fused-ring (bicyclic) bond motifs is 1. The maximum Gasteiger partial charge on any atom is 0.255 e. The Labute approximate surface area is 232 Å². The van der Waals surface area contributed by atoms with Gasteiger partial charge in [-0.05, 0) is 84.8 Å². The number of pyridine rings is 1. The lowest BCUT2D eigenvalue weighted by molar-refractivity contribution is 0.102. The van der Waals surface area contributed by atoms with Crippen LogP contribution in [0.1, 0.15) is 35.8 Å². The molecule has 3 aromatic carbocycles. The Balaban J connectivity index is 1.50. The van der Waals surface area contributed by atoms with E-state index in [-0.39, 0.29) is 17.6 Å². The molecule has 0 bridgehead atoms. The van der Waals surface area contributed by atoms with Crippen LogP contribution in [0.2, 0.25) is 0 Å². The van der Waals surface area contributed by atoms with Gasteiger partial charge in [0.25, 0.3) is 5.91 Å². The smallest absolute Gasteiger partial charge is 0.255 e. The van der Waals surface area contributed by atoms with Crippen LogP contribution in [0.5, 0.6) is 5.75 Å². The topological polar surface area (TPSA) is 100 Å². The van der Waals surface area contributed by atoms with Gasteiger partial charge in [-0.15, -0.1) is 0 Å². The monoisotopic (exact) mass is 585 g/mol. The number of nitrogens with one attached hydrogen (secondary N) is 2. The summed E-state index contributed by atoms with van der Waals surface area (Å²) >= 11 is 4.93. The second-order valence-corrected chi connectivity index (χ2v) is 10.9. The fourth-order valence-corrected chi connectivity index (χ4v) is 4.89. The summed E-state index contributed by atoms with van der Waals surface area (Å²) in [5.74, 6) is 0.895. The van der Waals surface area contributed by atoms with Gasteiger partial charge in [-0.1, -0.05) is 41.5 Å². The van der Waals surface area contributed by atoms with E-state index in [1.807, 2.05) is 54.6 Å². The van der Waals surface area contributed by atoms with Crippen LogP contribution in [-0.4, -0.2) is 26.0 Å². The van der Waals surface area contributed by atoms with Crippen LogP contribution >= 0.6 is 27.7 Å². The van der Waals surface area contributed by atoms with Crippen LogP contribution in [-0.2, 0) is 0 Å². The highest BCUT2D eigenvalue weighted by molar-refractivity contribution is 9.10. The van der Waals surface area contributed by atoms with E-state index in [9.17, 15) is 9.90 Å². The minimum absolute atomic E-state index is 0.208. The van der Waals surface area contributed by atoms with Crippen LogP contribution in [0.4, 0.5) is 17.2 Å². The molecule has 0 saturated carbocycles. The van der Waals surface area contributed by atoms with E-state index in [2.05, 4.69) is 50.4 Å². The molecule has 0 fully saturated rings. The number of hydrogen-bond donors (Lipinski definition) is 3. The van der Waals surface area contributed by atoms with Gasteiger partial charge in [0.2, 0.25) is 0 Å². The van der Waals surface area contributed by atoms with Crippen LogP contribution in [0.25, 0.3) is 11.0 Å². The molecule has 1 amide bonds.